The summed E-state index contributed by atoms with van der Waals surface area (Å²) in [4.78, 5) is 11.9. The molecule has 0 radical (unpaired) electrons. The van der Waals surface area contributed by atoms with E-state index in [4.69, 9.17) is 21.1 Å². The predicted molar refractivity (Wildman–Crippen MR) is 137 cm³/mol. The van der Waals surface area contributed by atoms with Crippen molar-refractivity contribution < 1.29 is 18.7 Å². The molecule has 0 unspecified atom stereocenters. The van der Waals surface area contributed by atoms with Crippen molar-refractivity contribution in [2.24, 2.45) is 5.92 Å². The zero-order valence-corrected chi connectivity index (χ0v) is 21.3. The first-order valence-corrected chi connectivity index (χ1v) is 13.2. The second-order valence-corrected chi connectivity index (χ2v) is 9.83. The number of hydrogen-bond donors (Lipinski definition) is 0. The van der Waals surface area contributed by atoms with Crippen LogP contribution in [0.3, 0.4) is 0 Å². The smallest absolute Gasteiger partial charge is 0.340 e. The summed E-state index contributed by atoms with van der Waals surface area (Å²) in [6, 6.07) is 14.6. The van der Waals surface area contributed by atoms with Crippen LogP contribution in [0.1, 0.15) is 77.2 Å². The third kappa shape index (κ3) is 8.01. The molecule has 34 heavy (non-hydrogen) atoms. The first-order valence-electron chi connectivity index (χ1n) is 12.9. The number of esters is 1. The highest BCUT2D eigenvalue weighted by Gasteiger charge is 2.27. The van der Waals surface area contributed by atoms with E-state index in [1.54, 1.807) is 0 Å². The maximum atomic E-state index is 13.9. The van der Waals surface area contributed by atoms with E-state index in [9.17, 15) is 9.18 Å². The number of aryl methyl sites for hydroxylation is 1. The van der Waals surface area contributed by atoms with E-state index in [0.717, 1.165) is 74.7 Å². The van der Waals surface area contributed by atoms with Gasteiger partial charge in [-0.2, -0.15) is 0 Å². The van der Waals surface area contributed by atoms with Gasteiger partial charge in [-0.15, -0.1) is 0 Å². The predicted octanol–water partition coefficient (Wildman–Crippen LogP) is 8.36. The Morgan fingerprint density at radius 3 is 2.38 bits per heavy atom. The summed E-state index contributed by atoms with van der Waals surface area (Å²) in [5.74, 6) is 0.696. The molecule has 0 amide bonds. The third-order valence-electron chi connectivity index (χ3n) is 6.67. The van der Waals surface area contributed by atoms with E-state index in [2.05, 4.69) is 31.2 Å². The molecule has 3 rings (SSSR count). The minimum Gasteiger partial charge on any atom is -0.492 e. The van der Waals surface area contributed by atoms with Crippen molar-refractivity contribution >= 4 is 17.6 Å². The van der Waals surface area contributed by atoms with Gasteiger partial charge in [-0.25, -0.2) is 9.18 Å². The van der Waals surface area contributed by atoms with E-state index >= 15 is 0 Å². The van der Waals surface area contributed by atoms with Crippen molar-refractivity contribution in [2.45, 2.75) is 90.3 Å². The van der Waals surface area contributed by atoms with Gasteiger partial charge in [0.2, 0.25) is 0 Å². The fourth-order valence-electron chi connectivity index (χ4n) is 4.52. The number of alkyl halides is 1. The summed E-state index contributed by atoms with van der Waals surface area (Å²) < 4.78 is 24.9. The SMILES string of the molecule is CCCC[C@H](F)C(=O)O[C@H]1CC[C@H](CCc2ccc(-c3ccc(OCCC)c(Cl)c3)cc2)CC1. The number of carbonyl (C=O) groups excluding carboxylic acids is 1. The average Bonchev–Trinajstić information content (AvgIpc) is 2.86. The van der Waals surface area contributed by atoms with Crippen LogP contribution in [0.5, 0.6) is 5.75 Å². The standard InChI is InChI=1S/C29H38ClFO3/c1-3-5-6-27(31)29(32)34-25-16-11-22(12-17-25)8-7-21-9-13-23(14-10-21)24-15-18-28(26(30)20-24)33-19-4-2/h9-10,13-15,18,20,22,25,27H,3-8,11-12,16-17,19H2,1-2H3/t22-,25-,27-/m0/s1. The van der Waals surface area contributed by atoms with Crippen LogP contribution >= 0.6 is 11.6 Å². The highest BCUT2D eigenvalue weighted by atomic mass is 35.5. The van der Waals surface area contributed by atoms with Crippen LogP contribution < -0.4 is 4.74 Å². The van der Waals surface area contributed by atoms with Crippen LogP contribution in [-0.4, -0.2) is 24.9 Å². The fraction of sp³-hybridized carbons (Fsp3) is 0.552. The van der Waals surface area contributed by atoms with Crippen molar-refractivity contribution in [3.63, 3.8) is 0 Å². The molecule has 0 bridgehead atoms. The Bertz CT molecular complexity index is 891. The number of halogens is 2. The van der Waals surface area contributed by atoms with Gasteiger partial charge >= 0.3 is 5.97 Å². The van der Waals surface area contributed by atoms with E-state index in [-0.39, 0.29) is 12.5 Å². The summed E-state index contributed by atoms with van der Waals surface area (Å²) >= 11 is 6.38. The Labute approximate surface area is 209 Å². The van der Waals surface area contributed by atoms with E-state index in [1.807, 2.05) is 25.1 Å². The number of carbonyl (C=O) groups is 1. The molecule has 0 aromatic heterocycles. The largest absolute Gasteiger partial charge is 0.492 e. The summed E-state index contributed by atoms with van der Waals surface area (Å²) in [7, 11) is 0. The van der Waals surface area contributed by atoms with Gasteiger partial charge in [-0.05, 0) is 86.1 Å². The van der Waals surface area contributed by atoms with Gasteiger partial charge < -0.3 is 9.47 Å². The summed E-state index contributed by atoms with van der Waals surface area (Å²) in [5, 5.41) is 0.638. The second-order valence-electron chi connectivity index (χ2n) is 9.42. The van der Waals surface area contributed by atoms with E-state index < -0.39 is 12.1 Å². The summed E-state index contributed by atoms with van der Waals surface area (Å²) in [6.07, 6.45) is 7.15. The lowest BCUT2D eigenvalue weighted by atomic mass is 9.83. The monoisotopic (exact) mass is 488 g/mol. The molecule has 1 fully saturated rings. The number of ether oxygens (including phenoxy) is 2. The highest BCUT2D eigenvalue weighted by molar-refractivity contribution is 6.32. The lowest BCUT2D eigenvalue weighted by molar-refractivity contribution is -0.157. The quantitative estimate of drug-likeness (QED) is 0.281. The van der Waals surface area contributed by atoms with Crippen LogP contribution in [0.25, 0.3) is 11.1 Å². The molecule has 2 aromatic carbocycles. The van der Waals surface area contributed by atoms with Gasteiger partial charge in [0.05, 0.1) is 11.6 Å². The topological polar surface area (TPSA) is 35.5 Å². The van der Waals surface area contributed by atoms with Crippen LogP contribution in [0, 0.1) is 5.92 Å². The van der Waals surface area contributed by atoms with E-state index in [1.165, 1.54) is 5.56 Å². The average molecular weight is 489 g/mol. The van der Waals surface area contributed by atoms with Crippen molar-refractivity contribution in [2.75, 3.05) is 6.61 Å². The molecule has 3 nitrogen and oxygen atoms in total. The third-order valence-corrected chi connectivity index (χ3v) is 6.96. The Kier molecular flexibility index (Phi) is 10.7. The van der Waals surface area contributed by atoms with Crippen LogP contribution in [0.2, 0.25) is 5.02 Å². The molecule has 2 aromatic rings. The molecule has 1 atom stereocenters. The zero-order chi connectivity index (χ0) is 24.3. The van der Waals surface area contributed by atoms with Gasteiger partial charge in [0.15, 0.2) is 6.17 Å². The highest BCUT2D eigenvalue weighted by Crippen LogP contribution is 2.32. The molecule has 1 aliphatic rings. The minimum absolute atomic E-state index is 0.117. The Balaban J connectivity index is 1.42. The van der Waals surface area contributed by atoms with E-state index in [0.29, 0.717) is 17.5 Å². The zero-order valence-electron chi connectivity index (χ0n) is 20.5. The van der Waals surface area contributed by atoms with Crippen molar-refractivity contribution in [1.29, 1.82) is 0 Å². The molecule has 0 spiro atoms. The van der Waals surface area contributed by atoms with Gasteiger partial charge in [0.25, 0.3) is 0 Å². The molecular weight excluding hydrogens is 451 g/mol. The Hall–Kier alpha value is -2.07. The van der Waals surface area contributed by atoms with Gasteiger partial charge in [0.1, 0.15) is 11.9 Å². The van der Waals surface area contributed by atoms with Crippen LogP contribution in [0.4, 0.5) is 4.39 Å². The first kappa shape index (κ1) is 26.5. The minimum atomic E-state index is -1.47. The van der Waals surface area contributed by atoms with Gasteiger partial charge in [0, 0.05) is 0 Å². The normalized spacial score (nSPS) is 18.9. The molecule has 1 saturated carbocycles. The number of rotatable bonds is 12. The lowest BCUT2D eigenvalue weighted by Gasteiger charge is -2.28. The molecule has 0 heterocycles. The maximum Gasteiger partial charge on any atom is 0.340 e. The molecule has 0 saturated heterocycles. The molecular formula is C29H38ClFO3. The number of benzene rings is 2. The van der Waals surface area contributed by atoms with Gasteiger partial charge in [-0.3, -0.25) is 0 Å². The van der Waals surface area contributed by atoms with Crippen LogP contribution in [0.15, 0.2) is 42.5 Å². The Morgan fingerprint density at radius 1 is 1.03 bits per heavy atom. The summed E-state index contributed by atoms with van der Waals surface area (Å²) in [6.45, 7) is 4.73. The van der Waals surface area contributed by atoms with Crippen molar-refractivity contribution in [3.8, 4) is 16.9 Å². The van der Waals surface area contributed by atoms with Crippen molar-refractivity contribution in [3.05, 3.63) is 53.1 Å². The number of unbranched alkanes of at least 4 members (excludes halogenated alkanes) is 1. The lowest BCUT2D eigenvalue weighted by Crippen LogP contribution is -2.29. The van der Waals surface area contributed by atoms with Crippen LogP contribution in [-0.2, 0) is 16.0 Å². The molecule has 186 valence electrons. The molecule has 1 aliphatic carbocycles. The van der Waals surface area contributed by atoms with Crippen molar-refractivity contribution in [1.82, 2.24) is 0 Å². The summed E-state index contributed by atoms with van der Waals surface area (Å²) in [5.41, 5.74) is 3.54. The Morgan fingerprint density at radius 2 is 1.74 bits per heavy atom. The maximum absolute atomic E-state index is 13.9. The molecule has 5 heteroatoms. The van der Waals surface area contributed by atoms with Gasteiger partial charge in [-0.1, -0.05) is 68.6 Å². The number of hydrogen-bond acceptors (Lipinski definition) is 3. The molecule has 0 N–H and O–H groups in total. The first-order chi connectivity index (χ1) is 16.5. The second kappa shape index (κ2) is 13.7. The molecule has 0 aliphatic heterocycles. The fourth-order valence-corrected chi connectivity index (χ4v) is 4.76.